The number of carbonyl (C=O) groups excluding carboxylic acids is 1. The molecule has 0 N–H and O–H groups in total. The molecule has 152 valence electrons. The van der Waals surface area contributed by atoms with Gasteiger partial charge >= 0.3 is 23.9 Å². The van der Waals surface area contributed by atoms with E-state index in [1.165, 1.54) is 0 Å². The fourth-order valence-electron chi connectivity index (χ4n) is 2.34. The van der Waals surface area contributed by atoms with E-state index in [0.717, 1.165) is 12.1 Å². The quantitative estimate of drug-likeness (QED) is 0.540. The predicted molar refractivity (Wildman–Crippen MR) is 74.7 cm³/mol. The first kappa shape index (κ1) is 21.3. The third kappa shape index (κ3) is 3.58. The number of nitrogens with zero attached hydrogens (tertiary/aromatic N) is 1. The summed E-state index contributed by atoms with van der Waals surface area (Å²) in [7, 11) is 0. The normalized spacial score (nSPS) is 17.1. The number of halogens is 9. The van der Waals surface area contributed by atoms with Crippen LogP contribution < -0.4 is 4.90 Å². The van der Waals surface area contributed by atoms with Crippen molar-refractivity contribution >= 4 is 11.5 Å². The third-order valence-corrected chi connectivity index (χ3v) is 3.94. The molecule has 1 saturated heterocycles. The molecule has 0 aromatic heterocycles. The molecular formula is C15H12F9NO2. The van der Waals surface area contributed by atoms with Crippen molar-refractivity contribution in [1.82, 2.24) is 0 Å². The van der Waals surface area contributed by atoms with Crippen molar-refractivity contribution in [2.24, 2.45) is 0 Å². The summed E-state index contributed by atoms with van der Waals surface area (Å²) in [4.78, 5) is 13.3. The Balaban J connectivity index is 2.29. The molecule has 1 aliphatic heterocycles. The lowest BCUT2D eigenvalue weighted by molar-refractivity contribution is -0.386. The van der Waals surface area contributed by atoms with E-state index in [1.807, 2.05) is 0 Å². The smallest absolute Gasteiger partial charge is 0.378 e. The molecule has 0 spiro atoms. The molecule has 0 unspecified atom stereocenters. The largest absolute Gasteiger partial charge is 0.460 e. The number of benzene rings is 1. The highest BCUT2D eigenvalue weighted by atomic mass is 19.4. The Hall–Kier alpha value is -1.98. The molecule has 0 atom stereocenters. The van der Waals surface area contributed by atoms with Gasteiger partial charge in [0.05, 0.1) is 13.2 Å². The SMILES string of the molecule is O=C(c1ccc(N2CCOCC2)cc1)C(F)(F)C(F)(F)C(F)(F)C(F)(F)F. The second-order valence-corrected chi connectivity index (χ2v) is 5.70. The van der Waals surface area contributed by atoms with Crippen LogP contribution in [0.3, 0.4) is 0 Å². The Labute approximate surface area is 146 Å². The molecule has 1 aromatic carbocycles. The molecule has 0 amide bonds. The van der Waals surface area contributed by atoms with E-state index in [0.29, 0.717) is 44.1 Å². The first-order valence-electron chi connectivity index (χ1n) is 7.41. The maximum atomic E-state index is 13.7. The molecular weight excluding hydrogens is 397 g/mol. The lowest BCUT2D eigenvalue weighted by Crippen LogP contribution is -2.63. The molecule has 0 radical (unpaired) electrons. The number of hydrogen-bond acceptors (Lipinski definition) is 3. The molecule has 2 rings (SSSR count). The lowest BCUT2D eigenvalue weighted by Gasteiger charge is -2.33. The van der Waals surface area contributed by atoms with E-state index in [-0.39, 0.29) is 0 Å². The average molecular weight is 409 g/mol. The Kier molecular flexibility index (Phi) is 5.43. The molecule has 1 heterocycles. The van der Waals surface area contributed by atoms with Crippen LogP contribution in [0.25, 0.3) is 0 Å². The summed E-state index contributed by atoms with van der Waals surface area (Å²) in [6, 6.07) is 3.50. The van der Waals surface area contributed by atoms with Gasteiger partial charge in [0.15, 0.2) is 0 Å². The van der Waals surface area contributed by atoms with Crippen LogP contribution in [0, 0.1) is 0 Å². The number of Topliss-reactive ketones (excluding diaryl/α,β-unsaturated/α-hetero) is 1. The van der Waals surface area contributed by atoms with E-state index in [4.69, 9.17) is 4.74 Å². The van der Waals surface area contributed by atoms with Gasteiger partial charge in [-0.15, -0.1) is 0 Å². The second-order valence-electron chi connectivity index (χ2n) is 5.70. The van der Waals surface area contributed by atoms with Crippen molar-refractivity contribution in [1.29, 1.82) is 0 Å². The first-order chi connectivity index (χ1) is 12.2. The standard InChI is InChI=1S/C15H12F9NO2/c16-12(17,13(18,19)14(20,21)15(22,23)24)11(26)9-1-3-10(4-2-9)25-5-7-27-8-6-25/h1-4H,5-8H2. The number of ether oxygens (including phenoxy) is 1. The summed E-state index contributed by atoms with van der Waals surface area (Å²) in [5.74, 6) is -23.2. The van der Waals surface area contributed by atoms with E-state index in [1.54, 1.807) is 4.90 Å². The highest BCUT2D eigenvalue weighted by molar-refractivity contribution is 6.02. The number of ketones is 1. The van der Waals surface area contributed by atoms with Gasteiger partial charge in [0, 0.05) is 24.3 Å². The van der Waals surface area contributed by atoms with Crippen molar-refractivity contribution in [2.75, 3.05) is 31.2 Å². The van der Waals surface area contributed by atoms with Crippen molar-refractivity contribution in [3.63, 3.8) is 0 Å². The number of anilines is 1. The molecule has 1 fully saturated rings. The van der Waals surface area contributed by atoms with Gasteiger partial charge in [-0.2, -0.15) is 39.5 Å². The van der Waals surface area contributed by atoms with Gasteiger partial charge in [-0.05, 0) is 24.3 Å². The van der Waals surface area contributed by atoms with Gasteiger partial charge < -0.3 is 9.64 Å². The Bertz CT molecular complexity index is 680. The van der Waals surface area contributed by atoms with Crippen LogP contribution >= 0.6 is 0 Å². The van der Waals surface area contributed by atoms with Gasteiger partial charge in [-0.3, -0.25) is 4.79 Å². The zero-order valence-corrected chi connectivity index (χ0v) is 13.3. The van der Waals surface area contributed by atoms with Crippen molar-refractivity contribution < 1.29 is 49.0 Å². The fraction of sp³-hybridized carbons (Fsp3) is 0.533. The minimum absolute atomic E-state index is 0.359. The van der Waals surface area contributed by atoms with Crippen molar-refractivity contribution in [2.45, 2.75) is 23.9 Å². The number of rotatable bonds is 5. The van der Waals surface area contributed by atoms with Gasteiger partial charge in [0.1, 0.15) is 0 Å². The highest BCUT2D eigenvalue weighted by Gasteiger charge is 2.83. The topological polar surface area (TPSA) is 29.5 Å². The molecule has 1 aromatic rings. The van der Waals surface area contributed by atoms with Gasteiger partial charge in [-0.25, -0.2) is 0 Å². The molecule has 27 heavy (non-hydrogen) atoms. The maximum absolute atomic E-state index is 13.7. The van der Waals surface area contributed by atoms with E-state index < -0.39 is 35.3 Å². The summed E-state index contributed by atoms with van der Waals surface area (Å²) >= 11 is 0. The Morgan fingerprint density at radius 1 is 0.815 bits per heavy atom. The van der Waals surface area contributed by atoms with Crippen molar-refractivity contribution in [3.05, 3.63) is 29.8 Å². The monoisotopic (exact) mass is 409 g/mol. The maximum Gasteiger partial charge on any atom is 0.460 e. The summed E-state index contributed by atoms with van der Waals surface area (Å²) in [5, 5.41) is 0. The molecule has 12 heteroatoms. The van der Waals surface area contributed by atoms with Crippen LogP contribution in [0.15, 0.2) is 24.3 Å². The molecule has 1 aliphatic rings. The lowest BCUT2D eigenvalue weighted by atomic mass is 9.95. The van der Waals surface area contributed by atoms with E-state index in [2.05, 4.69) is 0 Å². The van der Waals surface area contributed by atoms with Gasteiger partial charge in [0.25, 0.3) is 0 Å². The fourth-order valence-corrected chi connectivity index (χ4v) is 2.34. The van der Waals surface area contributed by atoms with Crippen LogP contribution in [0.4, 0.5) is 45.2 Å². The van der Waals surface area contributed by atoms with Crippen LogP contribution in [0.5, 0.6) is 0 Å². The highest BCUT2D eigenvalue weighted by Crippen LogP contribution is 2.53. The first-order valence-corrected chi connectivity index (χ1v) is 7.41. The molecule has 3 nitrogen and oxygen atoms in total. The number of hydrogen-bond donors (Lipinski definition) is 0. The van der Waals surface area contributed by atoms with Crippen LogP contribution in [0.1, 0.15) is 10.4 Å². The van der Waals surface area contributed by atoms with Crippen LogP contribution in [-0.2, 0) is 4.74 Å². The third-order valence-electron chi connectivity index (χ3n) is 3.94. The van der Waals surface area contributed by atoms with Crippen molar-refractivity contribution in [3.8, 4) is 0 Å². The summed E-state index contributed by atoms with van der Waals surface area (Å²) in [6.07, 6.45) is -6.97. The molecule has 0 bridgehead atoms. The van der Waals surface area contributed by atoms with Crippen LogP contribution in [0.2, 0.25) is 0 Å². The Morgan fingerprint density at radius 3 is 1.74 bits per heavy atom. The predicted octanol–water partition coefficient (Wildman–Crippen LogP) is 4.17. The summed E-state index contributed by atoms with van der Waals surface area (Å²) < 4.78 is 121. The molecule has 0 aliphatic carbocycles. The zero-order chi connectivity index (χ0) is 20.7. The van der Waals surface area contributed by atoms with Gasteiger partial charge in [0.2, 0.25) is 5.78 Å². The van der Waals surface area contributed by atoms with E-state index in [9.17, 15) is 44.3 Å². The minimum Gasteiger partial charge on any atom is -0.378 e. The average Bonchev–Trinajstić information content (AvgIpc) is 2.60. The number of carbonyl (C=O) groups is 1. The Morgan fingerprint density at radius 2 is 1.30 bits per heavy atom. The summed E-state index contributed by atoms with van der Waals surface area (Å²) in [6.45, 7) is 1.55. The van der Waals surface area contributed by atoms with Crippen LogP contribution in [-0.4, -0.2) is 56.0 Å². The number of morpholine rings is 1. The second kappa shape index (κ2) is 6.88. The van der Waals surface area contributed by atoms with Gasteiger partial charge in [-0.1, -0.05) is 0 Å². The summed E-state index contributed by atoms with van der Waals surface area (Å²) in [5.41, 5.74) is -0.722. The van der Waals surface area contributed by atoms with E-state index >= 15 is 0 Å². The zero-order valence-electron chi connectivity index (χ0n) is 13.3. The minimum atomic E-state index is -7.10. The number of alkyl halides is 9. The molecule has 0 saturated carbocycles.